The van der Waals surface area contributed by atoms with Crippen LogP contribution in [0.25, 0.3) is 0 Å². The number of carbonyl (C=O) groups excluding carboxylic acids is 1. The SMILES string of the molecule is CCOc1c(C(=O)O)cc(Cl)c(NC(C)=O)c1O. The van der Waals surface area contributed by atoms with Gasteiger partial charge in [0.15, 0.2) is 11.5 Å². The molecular formula is C11H12ClNO5. The zero-order valence-corrected chi connectivity index (χ0v) is 10.5. The van der Waals surface area contributed by atoms with Crippen molar-refractivity contribution in [1.29, 1.82) is 0 Å². The average Bonchev–Trinajstić information content (AvgIpc) is 2.27. The molecular weight excluding hydrogens is 262 g/mol. The van der Waals surface area contributed by atoms with Crippen LogP contribution in [0, 0.1) is 0 Å². The first-order valence-corrected chi connectivity index (χ1v) is 5.45. The Morgan fingerprint density at radius 2 is 2.11 bits per heavy atom. The van der Waals surface area contributed by atoms with Crippen LogP contribution < -0.4 is 10.1 Å². The van der Waals surface area contributed by atoms with Gasteiger partial charge in [-0.2, -0.15) is 0 Å². The Kier molecular flexibility index (Phi) is 4.38. The Labute approximate surface area is 108 Å². The van der Waals surface area contributed by atoms with Crippen molar-refractivity contribution in [1.82, 2.24) is 0 Å². The molecule has 0 radical (unpaired) electrons. The van der Waals surface area contributed by atoms with E-state index in [1.807, 2.05) is 0 Å². The number of anilines is 1. The van der Waals surface area contributed by atoms with E-state index in [0.717, 1.165) is 6.07 Å². The summed E-state index contributed by atoms with van der Waals surface area (Å²) in [5.41, 5.74) is -0.342. The van der Waals surface area contributed by atoms with Gasteiger partial charge >= 0.3 is 5.97 Å². The third-order valence-electron chi connectivity index (χ3n) is 2.03. The van der Waals surface area contributed by atoms with Gasteiger partial charge in [0.2, 0.25) is 5.91 Å². The molecule has 18 heavy (non-hydrogen) atoms. The molecule has 0 spiro atoms. The average molecular weight is 274 g/mol. The predicted octanol–water partition coefficient (Wildman–Crippen LogP) is 2.10. The molecule has 0 aliphatic heterocycles. The molecule has 0 atom stereocenters. The van der Waals surface area contributed by atoms with Gasteiger partial charge in [-0.05, 0) is 13.0 Å². The second-order valence-corrected chi connectivity index (χ2v) is 3.79. The summed E-state index contributed by atoms with van der Waals surface area (Å²) in [6.07, 6.45) is 0. The number of aromatic carboxylic acids is 1. The molecule has 7 heteroatoms. The van der Waals surface area contributed by atoms with Crippen LogP contribution in [0.4, 0.5) is 5.69 Å². The Bertz CT molecular complexity index is 501. The normalized spacial score (nSPS) is 9.94. The summed E-state index contributed by atoms with van der Waals surface area (Å²) in [4.78, 5) is 22.0. The molecule has 0 aromatic heterocycles. The van der Waals surface area contributed by atoms with Crippen molar-refractivity contribution in [2.45, 2.75) is 13.8 Å². The number of aromatic hydroxyl groups is 1. The van der Waals surface area contributed by atoms with Gasteiger partial charge in [-0.25, -0.2) is 4.79 Å². The van der Waals surface area contributed by atoms with Gasteiger partial charge in [0.25, 0.3) is 0 Å². The molecule has 3 N–H and O–H groups in total. The predicted molar refractivity (Wildman–Crippen MR) is 65.5 cm³/mol. The maximum atomic E-state index is 11.0. The fourth-order valence-electron chi connectivity index (χ4n) is 1.36. The molecule has 0 saturated heterocycles. The lowest BCUT2D eigenvalue weighted by Crippen LogP contribution is -2.09. The number of halogens is 1. The van der Waals surface area contributed by atoms with E-state index in [1.54, 1.807) is 6.92 Å². The molecule has 0 unspecified atom stereocenters. The van der Waals surface area contributed by atoms with Crippen molar-refractivity contribution in [2.75, 3.05) is 11.9 Å². The van der Waals surface area contributed by atoms with Gasteiger partial charge in [-0.15, -0.1) is 0 Å². The van der Waals surface area contributed by atoms with Crippen LogP contribution in [-0.4, -0.2) is 28.7 Å². The van der Waals surface area contributed by atoms with E-state index in [4.69, 9.17) is 21.4 Å². The summed E-state index contributed by atoms with van der Waals surface area (Å²) in [5.74, 6) is -2.46. The third-order valence-corrected chi connectivity index (χ3v) is 2.32. The van der Waals surface area contributed by atoms with Crippen LogP contribution in [-0.2, 0) is 4.79 Å². The Hall–Kier alpha value is -1.95. The molecule has 0 aliphatic rings. The molecule has 1 amide bonds. The third kappa shape index (κ3) is 2.84. The minimum absolute atomic E-state index is 0.0717. The quantitative estimate of drug-likeness (QED) is 0.730. The van der Waals surface area contributed by atoms with Crippen LogP contribution in [0.3, 0.4) is 0 Å². The van der Waals surface area contributed by atoms with Crippen molar-refractivity contribution in [3.8, 4) is 11.5 Å². The first kappa shape index (κ1) is 14.1. The fraction of sp³-hybridized carbons (Fsp3) is 0.273. The summed E-state index contributed by atoms with van der Waals surface area (Å²) in [7, 11) is 0. The van der Waals surface area contributed by atoms with Gasteiger partial charge in [0.1, 0.15) is 11.3 Å². The lowest BCUT2D eigenvalue weighted by molar-refractivity contribution is -0.114. The first-order chi connectivity index (χ1) is 8.38. The van der Waals surface area contributed by atoms with E-state index in [-0.39, 0.29) is 28.6 Å². The number of amides is 1. The molecule has 1 aromatic carbocycles. The van der Waals surface area contributed by atoms with Gasteiger partial charge in [0.05, 0.1) is 11.6 Å². The smallest absolute Gasteiger partial charge is 0.339 e. The van der Waals surface area contributed by atoms with Crippen molar-refractivity contribution in [3.05, 3.63) is 16.7 Å². The Morgan fingerprint density at radius 1 is 1.50 bits per heavy atom. The molecule has 1 rings (SSSR count). The van der Waals surface area contributed by atoms with Gasteiger partial charge < -0.3 is 20.3 Å². The molecule has 98 valence electrons. The van der Waals surface area contributed by atoms with E-state index < -0.39 is 17.6 Å². The summed E-state index contributed by atoms with van der Waals surface area (Å²) >= 11 is 5.80. The van der Waals surface area contributed by atoms with Crippen LogP contribution in [0.15, 0.2) is 6.07 Å². The van der Waals surface area contributed by atoms with Crippen LogP contribution in [0.5, 0.6) is 11.5 Å². The minimum Gasteiger partial charge on any atom is -0.503 e. The lowest BCUT2D eigenvalue weighted by Gasteiger charge is -2.14. The second-order valence-electron chi connectivity index (χ2n) is 3.38. The zero-order chi connectivity index (χ0) is 13.9. The van der Waals surface area contributed by atoms with Gasteiger partial charge in [0, 0.05) is 6.92 Å². The number of carboxylic acid groups (broad SMARTS) is 1. The summed E-state index contributed by atoms with van der Waals surface area (Å²) in [5, 5.41) is 21.1. The van der Waals surface area contributed by atoms with Crippen LogP contribution in [0.2, 0.25) is 5.02 Å². The number of hydrogen-bond donors (Lipinski definition) is 3. The topological polar surface area (TPSA) is 95.9 Å². The molecule has 0 bridgehead atoms. The highest BCUT2D eigenvalue weighted by Gasteiger charge is 2.22. The largest absolute Gasteiger partial charge is 0.503 e. The number of ether oxygens (including phenoxy) is 1. The number of phenolic OH excluding ortho intramolecular Hbond substituents is 1. The highest BCUT2D eigenvalue weighted by molar-refractivity contribution is 6.34. The number of hydrogen-bond acceptors (Lipinski definition) is 4. The van der Waals surface area contributed by atoms with E-state index in [2.05, 4.69) is 5.32 Å². The number of carbonyl (C=O) groups is 2. The van der Waals surface area contributed by atoms with E-state index in [0.29, 0.717) is 0 Å². The molecule has 0 saturated carbocycles. The number of carboxylic acids is 1. The van der Waals surface area contributed by atoms with E-state index in [9.17, 15) is 14.7 Å². The number of phenols is 1. The molecule has 1 aromatic rings. The molecule has 6 nitrogen and oxygen atoms in total. The van der Waals surface area contributed by atoms with Gasteiger partial charge in [-0.3, -0.25) is 4.79 Å². The molecule has 0 heterocycles. The summed E-state index contributed by atoms with van der Waals surface area (Å²) in [6.45, 7) is 3.04. The first-order valence-electron chi connectivity index (χ1n) is 5.07. The Balaban J connectivity index is 3.44. The minimum atomic E-state index is -1.29. The van der Waals surface area contributed by atoms with Crippen molar-refractivity contribution < 1.29 is 24.5 Å². The monoisotopic (exact) mass is 273 g/mol. The van der Waals surface area contributed by atoms with Crippen molar-refractivity contribution in [3.63, 3.8) is 0 Å². The van der Waals surface area contributed by atoms with Crippen molar-refractivity contribution in [2.24, 2.45) is 0 Å². The van der Waals surface area contributed by atoms with Crippen molar-refractivity contribution >= 4 is 29.2 Å². The number of rotatable bonds is 4. The molecule has 0 aliphatic carbocycles. The number of nitrogens with one attached hydrogen (secondary N) is 1. The highest BCUT2D eigenvalue weighted by atomic mass is 35.5. The van der Waals surface area contributed by atoms with Crippen LogP contribution >= 0.6 is 11.6 Å². The number of benzene rings is 1. The standard InChI is InChI=1S/C11H12ClNO5/c1-3-18-10-6(11(16)17)4-7(12)8(9(10)15)13-5(2)14/h4,15H,3H2,1-2H3,(H,13,14)(H,16,17). The Morgan fingerprint density at radius 3 is 2.56 bits per heavy atom. The highest BCUT2D eigenvalue weighted by Crippen LogP contribution is 2.42. The van der Waals surface area contributed by atoms with Gasteiger partial charge in [-0.1, -0.05) is 11.6 Å². The second kappa shape index (κ2) is 5.59. The molecule has 0 fully saturated rings. The van der Waals surface area contributed by atoms with Crippen LogP contribution in [0.1, 0.15) is 24.2 Å². The maximum Gasteiger partial charge on any atom is 0.339 e. The van der Waals surface area contributed by atoms with E-state index in [1.165, 1.54) is 6.92 Å². The maximum absolute atomic E-state index is 11.0. The lowest BCUT2D eigenvalue weighted by atomic mass is 10.1. The summed E-state index contributed by atoms with van der Waals surface area (Å²) in [6, 6.07) is 1.11. The zero-order valence-electron chi connectivity index (χ0n) is 9.78. The fourth-order valence-corrected chi connectivity index (χ4v) is 1.61. The summed E-state index contributed by atoms with van der Waals surface area (Å²) < 4.78 is 5.07. The van der Waals surface area contributed by atoms with E-state index >= 15 is 0 Å².